The second-order valence-corrected chi connectivity index (χ2v) is 10.2. The lowest BCUT2D eigenvalue weighted by molar-refractivity contribution is -0.145. The molecule has 0 saturated carbocycles. The van der Waals surface area contributed by atoms with E-state index in [1.807, 2.05) is 0 Å². The average molecular weight is 656 g/mol. The van der Waals surface area contributed by atoms with Gasteiger partial charge >= 0.3 is 5.97 Å². The van der Waals surface area contributed by atoms with Crippen molar-refractivity contribution >= 4 is 17.8 Å². The van der Waals surface area contributed by atoms with E-state index < -0.39 is 0 Å². The first-order valence-corrected chi connectivity index (χ1v) is 16.4. The minimum Gasteiger partial charge on any atom is -0.463 e. The molecule has 0 aliphatic carbocycles. The topological polar surface area (TPSA) is 138 Å². The third-order valence-corrected chi connectivity index (χ3v) is 6.67. The number of esters is 1. The second-order valence-electron chi connectivity index (χ2n) is 10.2. The Balaban J connectivity index is 1.20. The number of unbranched alkanes of at least 4 members (excludes halogenated alkanes) is 3. The van der Waals surface area contributed by atoms with Crippen molar-refractivity contribution in [2.75, 3.05) is 119 Å². The molecule has 0 saturated heterocycles. The van der Waals surface area contributed by atoms with Gasteiger partial charge in [0.25, 0.3) is 11.8 Å². The fraction of sp³-hybridized carbons (Fsp3) is 0.727. The fourth-order valence-corrected chi connectivity index (χ4v) is 4.22. The van der Waals surface area contributed by atoms with Crippen molar-refractivity contribution in [3.05, 3.63) is 35.4 Å². The van der Waals surface area contributed by atoms with Gasteiger partial charge in [0.15, 0.2) is 0 Å². The molecule has 46 heavy (non-hydrogen) atoms. The number of fused-ring (bicyclic) bond motifs is 1. The molecule has 0 N–H and O–H groups in total. The van der Waals surface area contributed by atoms with Crippen molar-refractivity contribution in [2.24, 2.45) is 0 Å². The Morgan fingerprint density at radius 2 is 0.891 bits per heavy atom. The van der Waals surface area contributed by atoms with E-state index in [0.717, 1.165) is 25.7 Å². The zero-order valence-electron chi connectivity index (χ0n) is 27.4. The molecule has 0 unspecified atom stereocenters. The summed E-state index contributed by atoms with van der Waals surface area (Å²) in [4.78, 5) is 37.3. The summed E-state index contributed by atoms with van der Waals surface area (Å²) in [6, 6.07) is 6.81. The first kappa shape index (κ1) is 39.7. The Kier molecular flexibility index (Phi) is 23.8. The molecule has 13 nitrogen and oxygen atoms in total. The molecule has 262 valence electrons. The number of hydrogen-bond acceptors (Lipinski definition) is 12. The summed E-state index contributed by atoms with van der Waals surface area (Å²) in [7, 11) is 0. The van der Waals surface area contributed by atoms with E-state index in [4.69, 9.17) is 42.6 Å². The molecule has 1 aliphatic heterocycles. The van der Waals surface area contributed by atoms with Gasteiger partial charge in [0.05, 0.1) is 123 Å². The number of carbonyl (C=O) groups excluding carboxylic acids is 3. The van der Waals surface area contributed by atoms with Gasteiger partial charge in [0.1, 0.15) is 6.61 Å². The molecule has 0 bridgehead atoms. The molecular formula is C33H53NO12. The Hall–Kier alpha value is -2.49. The fourth-order valence-electron chi connectivity index (χ4n) is 4.22. The standard InChI is InChI=1S/C33H53NO12/c1-2-3-4-5-10-31(35)46-28-27-45-26-25-44-24-23-43-22-21-42-20-19-41-18-17-40-16-15-39-14-13-38-12-11-34-32(36)29-8-6-7-9-30(29)33(34)37/h6-9H,2-5,10-28H2,1H3. The van der Waals surface area contributed by atoms with Gasteiger partial charge in [-0.25, -0.2) is 0 Å². The number of imide groups is 1. The minimum atomic E-state index is -0.279. The number of ether oxygens (including phenoxy) is 9. The van der Waals surface area contributed by atoms with Crippen LogP contribution in [0.15, 0.2) is 24.3 Å². The quantitative estimate of drug-likeness (QED) is 0.0641. The van der Waals surface area contributed by atoms with Crippen LogP contribution in [0.3, 0.4) is 0 Å². The molecule has 1 heterocycles. The molecular weight excluding hydrogens is 602 g/mol. The smallest absolute Gasteiger partial charge is 0.305 e. The van der Waals surface area contributed by atoms with Gasteiger partial charge in [0.2, 0.25) is 0 Å². The first-order valence-electron chi connectivity index (χ1n) is 16.4. The van der Waals surface area contributed by atoms with Crippen molar-refractivity contribution in [3.63, 3.8) is 0 Å². The lowest BCUT2D eigenvalue weighted by Crippen LogP contribution is -2.33. The first-order chi connectivity index (χ1) is 22.6. The van der Waals surface area contributed by atoms with Gasteiger partial charge in [-0.3, -0.25) is 19.3 Å². The maximum atomic E-state index is 12.3. The largest absolute Gasteiger partial charge is 0.463 e. The molecule has 0 radical (unpaired) electrons. The van der Waals surface area contributed by atoms with E-state index in [2.05, 4.69) is 6.92 Å². The van der Waals surface area contributed by atoms with Crippen LogP contribution < -0.4 is 0 Å². The van der Waals surface area contributed by atoms with E-state index in [9.17, 15) is 14.4 Å². The minimum absolute atomic E-state index is 0.159. The number of amides is 2. The Labute approximate surface area is 273 Å². The number of hydrogen-bond donors (Lipinski definition) is 0. The molecule has 13 heteroatoms. The maximum absolute atomic E-state index is 12.3. The predicted molar refractivity (Wildman–Crippen MR) is 168 cm³/mol. The summed E-state index contributed by atoms with van der Waals surface area (Å²) >= 11 is 0. The zero-order chi connectivity index (χ0) is 32.9. The van der Waals surface area contributed by atoms with E-state index >= 15 is 0 Å². The summed E-state index contributed by atoms with van der Waals surface area (Å²) in [5.74, 6) is -0.718. The highest BCUT2D eigenvalue weighted by atomic mass is 16.6. The summed E-state index contributed by atoms with van der Waals surface area (Å²) in [5, 5.41) is 0. The van der Waals surface area contributed by atoms with Crippen LogP contribution in [0.2, 0.25) is 0 Å². The number of carbonyl (C=O) groups is 3. The van der Waals surface area contributed by atoms with Gasteiger partial charge in [-0.15, -0.1) is 0 Å². The normalized spacial score (nSPS) is 12.7. The molecule has 2 amide bonds. The highest BCUT2D eigenvalue weighted by Crippen LogP contribution is 2.21. The van der Waals surface area contributed by atoms with Gasteiger partial charge in [-0.2, -0.15) is 0 Å². The summed E-state index contributed by atoms with van der Waals surface area (Å²) in [6.07, 6.45) is 4.73. The maximum Gasteiger partial charge on any atom is 0.305 e. The third kappa shape index (κ3) is 18.6. The van der Waals surface area contributed by atoms with Gasteiger partial charge in [0, 0.05) is 6.42 Å². The van der Waals surface area contributed by atoms with Crippen molar-refractivity contribution in [1.29, 1.82) is 0 Å². The Morgan fingerprint density at radius 3 is 1.28 bits per heavy atom. The monoisotopic (exact) mass is 655 g/mol. The Bertz CT molecular complexity index is 912. The molecule has 1 aliphatic rings. The highest BCUT2D eigenvalue weighted by molar-refractivity contribution is 6.21. The lowest BCUT2D eigenvalue weighted by atomic mass is 10.1. The zero-order valence-corrected chi connectivity index (χ0v) is 27.4. The van der Waals surface area contributed by atoms with E-state index in [0.29, 0.717) is 117 Å². The van der Waals surface area contributed by atoms with E-state index in [-0.39, 0.29) is 37.5 Å². The van der Waals surface area contributed by atoms with E-state index in [1.165, 1.54) is 4.90 Å². The molecule has 1 aromatic carbocycles. The van der Waals surface area contributed by atoms with Crippen LogP contribution in [0, 0.1) is 0 Å². The number of nitrogens with zero attached hydrogens (tertiary/aromatic N) is 1. The number of rotatable bonds is 32. The van der Waals surface area contributed by atoms with Crippen LogP contribution >= 0.6 is 0 Å². The molecule has 0 fully saturated rings. The summed E-state index contributed by atoms with van der Waals surface area (Å²) in [5.41, 5.74) is 0.881. The van der Waals surface area contributed by atoms with Crippen molar-refractivity contribution in [1.82, 2.24) is 4.90 Å². The van der Waals surface area contributed by atoms with Crippen LogP contribution in [-0.4, -0.2) is 142 Å². The third-order valence-electron chi connectivity index (χ3n) is 6.67. The van der Waals surface area contributed by atoms with Gasteiger partial charge in [-0.05, 0) is 18.6 Å². The molecule has 0 aromatic heterocycles. The lowest BCUT2D eigenvalue weighted by Gasteiger charge is -2.13. The van der Waals surface area contributed by atoms with Crippen LogP contribution in [0.1, 0.15) is 59.7 Å². The predicted octanol–water partition coefficient (Wildman–Crippen LogP) is 2.93. The molecule has 1 aromatic rings. The van der Waals surface area contributed by atoms with Crippen LogP contribution in [-0.2, 0) is 47.4 Å². The van der Waals surface area contributed by atoms with Gasteiger partial charge < -0.3 is 42.6 Å². The van der Waals surface area contributed by atoms with Crippen LogP contribution in [0.5, 0.6) is 0 Å². The van der Waals surface area contributed by atoms with Gasteiger partial charge in [-0.1, -0.05) is 38.3 Å². The second kappa shape index (κ2) is 27.6. The SMILES string of the molecule is CCCCCCC(=O)OCCOCCOCCOCCOCCOCCOCCOCCOCCN1C(=O)c2ccccc2C1=O. The average Bonchev–Trinajstić information content (AvgIpc) is 3.31. The molecule has 2 rings (SSSR count). The molecule has 0 spiro atoms. The summed E-state index contributed by atoms with van der Waals surface area (Å²) < 4.78 is 48.7. The van der Waals surface area contributed by atoms with Crippen LogP contribution in [0.4, 0.5) is 0 Å². The Morgan fingerprint density at radius 1 is 0.522 bits per heavy atom. The highest BCUT2D eigenvalue weighted by Gasteiger charge is 2.34. The van der Waals surface area contributed by atoms with E-state index in [1.54, 1.807) is 24.3 Å². The summed E-state index contributed by atoms with van der Waals surface area (Å²) in [6.45, 7) is 9.56. The number of benzene rings is 1. The van der Waals surface area contributed by atoms with Crippen LogP contribution in [0.25, 0.3) is 0 Å². The van der Waals surface area contributed by atoms with Crippen molar-refractivity contribution in [3.8, 4) is 0 Å². The van der Waals surface area contributed by atoms with Crippen molar-refractivity contribution < 1.29 is 57.0 Å². The molecule has 0 atom stereocenters. The van der Waals surface area contributed by atoms with Crippen molar-refractivity contribution in [2.45, 2.75) is 39.0 Å².